The van der Waals surface area contributed by atoms with Crippen LogP contribution in [0.2, 0.25) is 0 Å². The van der Waals surface area contributed by atoms with Gasteiger partial charge in [0, 0.05) is 18.7 Å². The molecule has 0 amide bonds. The van der Waals surface area contributed by atoms with E-state index in [1.54, 1.807) is 47.4 Å². The Balaban J connectivity index is 3.39. The first-order valence-corrected chi connectivity index (χ1v) is 5.67. The van der Waals surface area contributed by atoms with Crippen molar-refractivity contribution in [2.24, 2.45) is 0 Å². The molecule has 102 valence electrons. The summed E-state index contributed by atoms with van der Waals surface area (Å²) in [5.74, 6) is 1.69. The van der Waals surface area contributed by atoms with Gasteiger partial charge >= 0.3 is 0 Å². The second-order valence-corrected chi connectivity index (χ2v) is 4.21. The molecule has 0 radical (unpaired) electrons. The van der Waals surface area contributed by atoms with Crippen LogP contribution in [-0.2, 0) is 5.60 Å². The summed E-state index contributed by atoms with van der Waals surface area (Å²) in [5, 5.41) is 13.5. The molecule has 18 heavy (non-hydrogen) atoms. The van der Waals surface area contributed by atoms with Crippen molar-refractivity contribution in [1.29, 1.82) is 0 Å². The Morgan fingerprint density at radius 1 is 1.11 bits per heavy atom. The minimum atomic E-state index is -1.10. The summed E-state index contributed by atoms with van der Waals surface area (Å²) in [6.45, 7) is 2.09. The van der Waals surface area contributed by atoms with Crippen LogP contribution in [0.15, 0.2) is 12.1 Å². The maximum absolute atomic E-state index is 10.5. The lowest BCUT2D eigenvalue weighted by atomic mass is 9.93. The van der Waals surface area contributed by atoms with Gasteiger partial charge in [0.05, 0.1) is 26.9 Å². The summed E-state index contributed by atoms with van der Waals surface area (Å²) in [5.41, 5.74) is -0.500. The molecule has 0 fully saturated rings. The molecular formula is C13H21NO4. The van der Waals surface area contributed by atoms with Crippen LogP contribution in [0.5, 0.6) is 17.2 Å². The molecule has 1 aromatic carbocycles. The third-order valence-electron chi connectivity index (χ3n) is 2.77. The molecule has 1 atom stereocenters. The van der Waals surface area contributed by atoms with Gasteiger partial charge in [0.15, 0.2) is 0 Å². The van der Waals surface area contributed by atoms with Crippen molar-refractivity contribution in [2.75, 3.05) is 34.9 Å². The molecule has 0 saturated heterocycles. The van der Waals surface area contributed by atoms with Crippen LogP contribution in [0.1, 0.15) is 12.5 Å². The molecule has 1 rings (SSSR count). The number of likely N-dealkylation sites (N-methyl/N-ethyl adjacent to an activating group) is 1. The number of nitrogens with one attached hydrogen (secondary N) is 1. The predicted molar refractivity (Wildman–Crippen MR) is 69.6 cm³/mol. The molecule has 0 aliphatic rings. The van der Waals surface area contributed by atoms with Crippen molar-refractivity contribution in [3.63, 3.8) is 0 Å². The SMILES string of the molecule is CNCC(C)(O)c1c(OC)cc(OC)cc1OC. The molecule has 0 saturated carbocycles. The van der Waals surface area contributed by atoms with Crippen molar-refractivity contribution < 1.29 is 19.3 Å². The normalized spacial score (nSPS) is 13.9. The number of methoxy groups -OCH3 is 3. The largest absolute Gasteiger partial charge is 0.496 e. The van der Waals surface area contributed by atoms with Gasteiger partial charge in [0.25, 0.3) is 0 Å². The Bertz CT molecular complexity index is 379. The number of benzene rings is 1. The molecule has 5 nitrogen and oxygen atoms in total. The monoisotopic (exact) mass is 255 g/mol. The molecule has 0 spiro atoms. The van der Waals surface area contributed by atoms with Crippen LogP contribution in [0.3, 0.4) is 0 Å². The highest BCUT2D eigenvalue weighted by Gasteiger charge is 2.30. The van der Waals surface area contributed by atoms with Gasteiger partial charge in [-0.15, -0.1) is 0 Å². The van der Waals surface area contributed by atoms with Crippen LogP contribution in [0.25, 0.3) is 0 Å². The molecular weight excluding hydrogens is 234 g/mol. The minimum Gasteiger partial charge on any atom is -0.496 e. The zero-order chi connectivity index (χ0) is 13.8. The zero-order valence-corrected chi connectivity index (χ0v) is 11.5. The quantitative estimate of drug-likeness (QED) is 0.798. The molecule has 1 aromatic rings. The second-order valence-electron chi connectivity index (χ2n) is 4.21. The zero-order valence-electron chi connectivity index (χ0n) is 11.5. The van der Waals surface area contributed by atoms with Crippen LogP contribution >= 0.6 is 0 Å². The van der Waals surface area contributed by atoms with Gasteiger partial charge in [-0.1, -0.05) is 0 Å². The van der Waals surface area contributed by atoms with Crippen LogP contribution < -0.4 is 19.5 Å². The van der Waals surface area contributed by atoms with E-state index < -0.39 is 5.60 Å². The highest BCUT2D eigenvalue weighted by Crippen LogP contribution is 2.40. The van der Waals surface area contributed by atoms with Crippen molar-refractivity contribution in [1.82, 2.24) is 5.32 Å². The Hall–Kier alpha value is -1.46. The fourth-order valence-corrected chi connectivity index (χ4v) is 1.97. The molecule has 0 aliphatic carbocycles. The number of rotatable bonds is 6. The van der Waals surface area contributed by atoms with E-state index in [4.69, 9.17) is 14.2 Å². The molecule has 0 aromatic heterocycles. The van der Waals surface area contributed by atoms with Crippen LogP contribution in [-0.4, -0.2) is 40.0 Å². The van der Waals surface area contributed by atoms with E-state index >= 15 is 0 Å². The molecule has 0 heterocycles. The van der Waals surface area contributed by atoms with E-state index in [0.717, 1.165) is 0 Å². The first-order chi connectivity index (χ1) is 8.50. The molecule has 0 bridgehead atoms. The van der Waals surface area contributed by atoms with Gasteiger partial charge in [-0.05, 0) is 14.0 Å². The maximum atomic E-state index is 10.5. The number of hydrogen-bond donors (Lipinski definition) is 2. The van der Waals surface area contributed by atoms with Crippen molar-refractivity contribution >= 4 is 0 Å². The summed E-state index contributed by atoms with van der Waals surface area (Å²) >= 11 is 0. The molecule has 1 unspecified atom stereocenters. The summed E-state index contributed by atoms with van der Waals surface area (Å²) in [6, 6.07) is 3.45. The van der Waals surface area contributed by atoms with Gasteiger partial charge in [-0.3, -0.25) is 0 Å². The standard InChI is InChI=1S/C13H21NO4/c1-13(15,8-14-2)12-10(17-4)6-9(16-3)7-11(12)18-5/h6-7,14-15H,8H2,1-5H3. The topological polar surface area (TPSA) is 60.0 Å². The lowest BCUT2D eigenvalue weighted by Gasteiger charge is -2.27. The lowest BCUT2D eigenvalue weighted by Crippen LogP contribution is -2.34. The third kappa shape index (κ3) is 2.86. The van der Waals surface area contributed by atoms with Crippen molar-refractivity contribution in [3.8, 4) is 17.2 Å². The van der Waals surface area contributed by atoms with E-state index in [1.165, 1.54) is 0 Å². The lowest BCUT2D eigenvalue weighted by molar-refractivity contribution is 0.0537. The van der Waals surface area contributed by atoms with E-state index in [-0.39, 0.29) is 0 Å². The van der Waals surface area contributed by atoms with Crippen molar-refractivity contribution in [3.05, 3.63) is 17.7 Å². The van der Waals surface area contributed by atoms with Gasteiger partial charge < -0.3 is 24.6 Å². The second kappa shape index (κ2) is 5.93. The smallest absolute Gasteiger partial charge is 0.132 e. The maximum Gasteiger partial charge on any atom is 0.132 e. The third-order valence-corrected chi connectivity index (χ3v) is 2.77. The molecule has 0 aliphatic heterocycles. The molecule has 5 heteroatoms. The van der Waals surface area contributed by atoms with E-state index in [0.29, 0.717) is 29.4 Å². The number of aliphatic hydroxyl groups is 1. The van der Waals surface area contributed by atoms with E-state index in [9.17, 15) is 5.11 Å². The average Bonchev–Trinajstić information content (AvgIpc) is 2.36. The number of ether oxygens (including phenoxy) is 3. The summed E-state index contributed by atoms with van der Waals surface area (Å²) < 4.78 is 15.8. The summed E-state index contributed by atoms with van der Waals surface area (Å²) in [6.07, 6.45) is 0. The fourth-order valence-electron chi connectivity index (χ4n) is 1.97. The van der Waals surface area contributed by atoms with E-state index in [2.05, 4.69) is 5.32 Å². The molecule has 2 N–H and O–H groups in total. The predicted octanol–water partition coefficient (Wildman–Crippen LogP) is 1.14. The minimum absolute atomic E-state index is 0.381. The Morgan fingerprint density at radius 3 is 1.94 bits per heavy atom. The average molecular weight is 255 g/mol. The Morgan fingerprint density at radius 2 is 1.61 bits per heavy atom. The van der Waals surface area contributed by atoms with Gasteiger partial charge in [-0.2, -0.15) is 0 Å². The van der Waals surface area contributed by atoms with Crippen LogP contribution in [0.4, 0.5) is 0 Å². The summed E-state index contributed by atoms with van der Waals surface area (Å²) in [7, 11) is 6.44. The Kier molecular flexibility index (Phi) is 4.81. The van der Waals surface area contributed by atoms with Crippen molar-refractivity contribution in [2.45, 2.75) is 12.5 Å². The van der Waals surface area contributed by atoms with Crippen LogP contribution in [0, 0.1) is 0 Å². The number of hydrogen-bond acceptors (Lipinski definition) is 5. The fraction of sp³-hybridized carbons (Fsp3) is 0.538. The Labute approximate surface area is 108 Å². The van der Waals surface area contributed by atoms with Gasteiger partial charge in [0.1, 0.15) is 22.8 Å². The van der Waals surface area contributed by atoms with Gasteiger partial charge in [0.2, 0.25) is 0 Å². The highest BCUT2D eigenvalue weighted by molar-refractivity contribution is 5.53. The highest BCUT2D eigenvalue weighted by atomic mass is 16.5. The van der Waals surface area contributed by atoms with Gasteiger partial charge in [-0.25, -0.2) is 0 Å². The first-order valence-electron chi connectivity index (χ1n) is 5.67. The van der Waals surface area contributed by atoms with E-state index in [1.807, 2.05) is 0 Å². The first kappa shape index (κ1) is 14.6. The summed E-state index contributed by atoms with van der Waals surface area (Å²) in [4.78, 5) is 0.